The molecule has 1 atom stereocenters. The maximum atomic E-state index is 12.1. The van der Waals surface area contributed by atoms with Gasteiger partial charge in [0.05, 0.1) is 6.54 Å². The topological polar surface area (TPSA) is 88.8 Å². The molecule has 1 aromatic carbocycles. The molecule has 1 unspecified atom stereocenters. The minimum absolute atomic E-state index is 0.00709. The van der Waals surface area contributed by atoms with E-state index in [-0.39, 0.29) is 29.7 Å². The summed E-state index contributed by atoms with van der Waals surface area (Å²) in [4.78, 5) is 23.2. The number of para-hydroxylation sites is 1. The van der Waals surface area contributed by atoms with Crippen LogP contribution in [-0.2, 0) is 6.42 Å². The largest absolute Gasteiger partial charge is 0.489 e. The highest BCUT2D eigenvalue weighted by molar-refractivity contribution is 5.96. The van der Waals surface area contributed by atoms with Crippen molar-refractivity contribution in [3.63, 3.8) is 0 Å². The number of amides is 1. The second-order valence-corrected chi connectivity index (χ2v) is 5.51. The van der Waals surface area contributed by atoms with E-state index in [4.69, 9.17) is 14.3 Å². The van der Waals surface area contributed by atoms with Crippen LogP contribution in [0.4, 0.5) is 0 Å². The first-order chi connectivity index (χ1) is 11.4. The van der Waals surface area contributed by atoms with E-state index in [1.54, 1.807) is 6.92 Å². The van der Waals surface area contributed by atoms with Crippen LogP contribution in [0.25, 0.3) is 0 Å². The number of aromatic carboxylic acids is 1. The molecule has 128 valence electrons. The molecule has 0 saturated heterocycles. The number of rotatable bonds is 7. The van der Waals surface area contributed by atoms with Crippen LogP contribution >= 0.6 is 0 Å². The molecular weight excluding hydrogens is 310 g/mol. The Morgan fingerprint density at radius 3 is 2.62 bits per heavy atom. The van der Waals surface area contributed by atoms with Crippen molar-refractivity contribution < 1.29 is 23.8 Å². The third kappa shape index (κ3) is 4.16. The van der Waals surface area contributed by atoms with Gasteiger partial charge in [0.15, 0.2) is 5.76 Å². The molecule has 0 radical (unpaired) electrons. The monoisotopic (exact) mass is 331 g/mol. The number of ether oxygens (including phenoxy) is 1. The Balaban J connectivity index is 1.95. The van der Waals surface area contributed by atoms with E-state index in [1.165, 1.54) is 6.07 Å². The summed E-state index contributed by atoms with van der Waals surface area (Å²) in [6.07, 6.45) is 0.163. The molecule has 2 N–H and O–H groups in total. The zero-order valence-electron chi connectivity index (χ0n) is 14.0. The van der Waals surface area contributed by atoms with Crippen LogP contribution in [0.1, 0.15) is 46.1 Å². The van der Waals surface area contributed by atoms with Gasteiger partial charge in [-0.3, -0.25) is 4.79 Å². The van der Waals surface area contributed by atoms with Crippen LogP contribution in [0.5, 0.6) is 5.75 Å². The van der Waals surface area contributed by atoms with Crippen LogP contribution in [-0.4, -0.2) is 29.6 Å². The van der Waals surface area contributed by atoms with Gasteiger partial charge in [-0.25, -0.2) is 4.79 Å². The molecule has 0 aliphatic carbocycles. The Bertz CT molecular complexity index is 735. The van der Waals surface area contributed by atoms with E-state index in [2.05, 4.69) is 5.32 Å². The third-order valence-electron chi connectivity index (χ3n) is 3.56. The van der Waals surface area contributed by atoms with E-state index >= 15 is 0 Å². The van der Waals surface area contributed by atoms with Gasteiger partial charge >= 0.3 is 5.97 Å². The highest BCUT2D eigenvalue weighted by Crippen LogP contribution is 2.18. The zero-order chi connectivity index (χ0) is 17.7. The van der Waals surface area contributed by atoms with Gasteiger partial charge in [0, 0.05) is 12.5 Å². The highest BCUT2D eigenvalue weighted by Gasteiger charge is 2.20. The predicted octanol–water partition coefficient (Wildman–Crippen LogP) is 3.05. The second kappa shape index (κ2) is 7.68. The Labute approximate surface area is 140 Å². The van der Waals surface area contributed by atoms with Gasteiger partial charge in [0.2, 0.25) is 0 Å². The predicted molar refractivity (Wildman–Crippen MR) is 88.6 cm³/mol. The number of aryl methyl sites for hydroxylation is 2. The summed E-state index contributed by atoms with van der Waals surface area (Å²) in [5, 5.41) is 11.8. The molecule has 0 aliphatic heterocycles. The second-order valence-electron chi connectivity index (χ2n) is 5.51. The molecule has 24 heavy (non-hydrogen) atoms. The van der Waals surface area contributed by atoms with Gasteiger partial charge in [-0.05, 0) is 25.5 Å². The fraction of sp³-hybridized carbons (Fsp3) is 0.333. The average Bonchev–Trinajstić information content (AvgIpc) is 2.99. The van der Waals surface area contributed by atoms with Gasteiger partial charge in [-0.15, -0.1) is 0 Å². The summed E-state index contributed by atoms with van der Waals surface area (Å²) >= 11 is 0. The molecule has 0 fully saturated rings. The molecule has 6 nitrogen and oxygen atoms in total. The van der Waals surface area contributed by atoms with Crippen LogP contribution < -0.4 is 10.1 Å². The van der Waals surface area contributed by atoms with E-state index in [9.17, 15) is 9.59 Å². The SMILES string of the molecule is CCc1oc(C(=O)NCC(C)Oc2ccccc2C)cc1C(=O)O. The summed E-state index contributed by atoms with van der Waals surface area (Å²) in [5.41, 5.74) is 1.03. The minimum atomic E-state index is -1.11. The van der Waals surface area contributed by atoms with E-state index in [0.29, 0.717) is 6.42 Å². The van der Waals surface area contributed by atoms with Crippen LogP contribution in [0, 0.1) is 6.92 Å². The maximum Gasteiger partial charge on any atom is 0.339 e. The van der Waals surface area contributed by atoms with Gasteiger partial charge in [-0.2, -0.15) is 0 Å². The molecule has 2 rings (SSSR count). The van der Waals surface area contributed by atoms with Crippen molar-refractivity contribution in [1.29, 1.82) is 0 Å². The molecule has 0 aliphatic rings. The molecule has 0 bridgehead atoms. The first kappa shape index (κ1) is 17.6. The maximum absolute atomic E-state index is 12.1. The minimum Gasteiger partial charge on any atom is -0.489 e. The van der Waals surface area contributed by atoms with E-state index in [0.717, 1.165) is 11.3 Å². The van der Waals surface area contributed by atoms with Gasteiger partial charge in [-0.1, -0.05) is 25.1 Å². The fourth-order valence-corrected chi connectivity index (χ4v) is 2.25. The Morgan fingerprint density at radius 2 is 2.04 bits per heavy atom. The molecule has 0 spiro atoms. The van der Waals surface area contributed by atoms with Crippen molar-refractivity contribution in [3.8, 4) is 5.75 Å². The Kier molecular flexibility index (Phi) is 5.63. The number of hydrogen-bond acceptors (Lipinski definition) is 4. The standard InChI is InChI=1S/C18H21NO5/c1-4-14-13(18(21)22)9-16(24-14)17(20)19-10-12(3)23-15-8-6-5-7-11(15)2/h5-9,12H,4,10H2,1-3H3,(H,19,20)(H,21,22). The summed E-state index contributed by atoms with van der Waals surface area (Å²) in [6.45, 7) is 5.83. The number of carbonyl (C=O) groups excluding carboxylic acids is 1. The van der Waals surface area contributed by atoms with Crippen molar-refractivity contribution in [2.45, 2.75) is 33.3 Å². The first-order valence-electron chi connectivity index (χ1n) is 7.78. The van der Waals surface area contributed by atoms with Crippen molar-refractivity contribution in [2.75, 3.05) is 6.54 Å². The summed E-state index contributed by atoms with van der Waals surface area (Å²) < 4.78 is 11.1. The normalized spacial score (nSPS) is 11.8. The van der Waals surface area contributed by atoms with Gasteiger partial charge < -0.3 is 19.6 Å². The summed E-state index contributed by atoms with van der Waals surface area (Å²) in [6, 6.07) is 8.88. The third-order valence-corrected chi connectivity index (χ3v) is 3.56. The summed E-state index contributed by atoms with van der Waals surface area (Å²) in [7, 11) is 0. The lowest BCUT2D eigenvalue weighted by Gasteiger charge is -2.16. The van der Waals surface area contributed by atoms with Crippen LogP contribution in [0.2, 0.25) is 0 Å². The molecule has 2 aromatic rings. The van der Waals surface area contributed by atoms with Crippen LogP contribution in [0.3, 0.4) is 0 Å². The quantitative estimate of drug-likeness (QED) is 0.814. The number of hydrogen-bond donors (Lipinski definition) is 2. The lowest BCUT2D eigenvalue weighted by atomic mass is 10.2. The molecule has 1 amide bonds. The summed E-state index contributed by atoms with van der Waals surface area (Å²) in [5.74, 6) is -0.522. The number of furan rings is 1. The number of carboxylic acids is 1. The molecule has 6 heteroatoms. The zero-order valence-corrected chi connectivity index (χ0v) is 14.0. The Morgan fingerprint density at radius 1 is 1.33 bits per heavy atom. The number of nitrogens with one attached hydrogen (secondary N) is 1. The van der Waals surface area contributed by atoms with Crippen LogP contribution in [0.15, 0.2) is 34.7 Å². The van der Waals surface area contributed by atoms with E-state index in [1.807, 2.05) is 38.1 Å². The van der Waals surface area contributed by atoms with Crippen molar-refractivity contribution in [2.24, 2.45) is 0 Å². The molecular formula is C18H21NO5. The van der Waals surface area contributed by atoms with Crippen molar-refractivity contribution >= 4 is 11.9 Å². The lowest BCUT2D eigenvalue weighted by Crippen LogP contribution is -2.33. The first-order valence-corrected chi connectivity index (χ1v) is 7.78. The van der Waals surface area contributed by atoms with E-state index < -0.39 is 11.9 Å². The van der Waals surface area contributed by atoms with Gasteiger partial charge in [0.1, 0.15) is 23.2 Å². The van der Waals surface area contributed by atoms with Gasteiger partial charge in [0.25, 0.3) is 5.91 Å². The molecule has 0 saturated carbocycles. The van der Waals surface area contributed by atoms with Crippen molar-refractivity contribution in [3.05, 3.63) is 53.0 Å². The molecule has 1 aromatic heterocycles. The number of benzene rings is 1. The van der Waals surface area contributed by atoms with Crippen molar-refractivity contribution in [1.82, 2.24) is 5.32 Å². The highest BCUT2D eigenvalue weighted by atomic mass is 16.5. The Hall–Kier alpha value is -2.76. The fourth-order valence-electron chi connectivity index (χ4n) is 2.25. The smallest absolute Gasteiger partial charge is 0.339 e. The number of carbonyl (C=O) groups is 2. The number of carboxylic acid groups (broad SMARTS) is 1. The average molecular weight is 331 g/mol. The molecule has 1 heterocycles. The lowest BCUT2D eigenvalue weighted by molar-refractivity contribution is 0.0694.